The van der Waals surface area contributed by atoms with Crippen LogP contribution in [0.3, 0.4) is 0 Å². The zero-order valence-electron chi connectivity index (χ0n) is 18.5. The number of phenols is 1. The maximum absolute atomic E-state index is 10.4. The molecule has 154 valence electrons. The predicted molar refractivity (Wildman–Crippen MR) is 127 cm³/mol. The minimum atomic E-state index is -2.22. The first kappa shape index (κ1) is 23.1. The van der Waals surface area contributed by atoms with E-state index >= 15 is 0 Å². The maximum Gasteiger partial charge on any atom is 0.314 e. The highest BCUT2D eigenvalue weighted by molar-refractivity contribution is 6.84. The van der Waals surface area contributed by atoms with Gasteiger partial charge in [-0.1, -0.05) is 43.3 Å². The summed E-state index contributed by atoms with van der Waals surface area (Å²) in [7, 11) is -5.07. The highest BCUT2D eigenvalue weighted by Crippen LogP contribution is 2.31. The average molecular weight is 433 g/mol. The van der Waals surface area contributed by atoms with E-state index in [1.165, 1.54) is 5.56 Å². The molecule has 28 heavy (non-hydrogen) atoms. The molecule has 3 nitrogen and oxygen atoms in total. The third kappa shape index (κ3) is 7.33. The predicted octanol–water partition coefficient (Wildman–Crippen LogP) is 6.16. The Kier molecular flexibility index (Phi) is 7.87. The van der Waals surface area contributed by atoms with E-state index in [4.69, 9.17) is 8.23 Å². The monoisotopic (exact) mass is 432 g/mol. The van der Waals surface area contributed by atoms with E-state index < -0.39 is 25.9 Å². The highest BCUT2D eigenvalue weighted by atomic mass is 28.5. The smallest absolute Gasteiger partial charge is 0.314 e. The molecule has 0 fully saturated rings. The molecule has 0 saturated carbocycles. The van der Waals surface area contributed by atoms with E-state index in [-0.39, 0.29) is 0 Å². The van der Waals surface area contributed by atoms with Crippen molar-refractivity contribution in [1.82, 2.24) is 0 Å². The molecule has 0 aliphatic heterocycles. The van der Waals surface area contributed by atoms with Crippen molar-refractivity contribution in [3.8, 4) is 16.9 Å². The zero-order chi connectivity index (χ0) is 20.9. The van der Waals surface area contributed by atoms with Crippen LogP contribution >= 0.6 is 0 Å². The Labute approximate surface area is 174 Å². The van der Waals surface area contributed by atoms with Gasteiger partial charge in [0.25, 0.3) is 0 Å². The molecular formula is C22H36O3Si3. The molecule has 0 aliphatic carbocycles. The Morgan fingerprint density at radius 2 is 1.61 bits per heavy atom. The molecule has 0 aromatic heterocycles. The Morgan fingerprint density at radius 1 is 0.964 bits per heavy atom. The topological polar surface area (TPSA) is 38.7 Å². The van der Waals surface area contributed by atoms with Crippen LogP contribution in [0, 0.1) is 5.92 Å². The molecule has 0 amide bonds. The fraction of sp³-hybridized carbons (Fsp3) is 0.455. The van der Waals surface area contributed by atoms with Crippen LogP contribution in [0.5, 0.6) is 5.75 Å². The summed E-state index contributed by atoms with van der Waals surface area (Å²) in [5, 5.41) is 10.4. The third-order valence-electron chi connectivity index (χ3n) is 4.48. The van der Waals surface area contributed by atoms with Crippen molar-refractivity contribution < 1.29 is 13.3 Å². The van der Waals surface area contributed by atoms with Gasteiger partial charge in [0.1, 0.15) is 5.75 Å². The van der Waals surface area contributed by atoms with Crippen molar-refractivity contribution in [2.24, 2.45) is 5.92 Å². The van der Waals surface area contributed by atoms with Crippen molar-refractivity contribution >= 4 is 25.9 Å². The van der Waals surface area contributed by atoms with Crippen LogP contribution in [0.25, 0.3) is 11.1 Å². The normalized spacial score (nSPS) is 15.4. The fourth-order valence-electron chi connectivity index (χ4n) is 3.90. The first-order chi connectivity index (χ1) is 13.0. The summed E-state index contributed by atoms with van der Waals surface area (Å²) >= 11 is 0. The molecule has 2 aromatic rings. The van der Waals surface area contributed by atoms with E-state index in [1.807, 2.05) is 30.3 Å². The third-order valence-corrected chi connectivity index (χ3v) is 14.0. The van der Waals surface area contributed by atoms with Crippen molar-refractivity contribution in [1.29, 1.82) is 0 Å². The second-order valence-corrected chi connectivity index (χ2v) is 20.0. The molecule has 2 atom stereocenters. The van der Waals surface area contributed by atoms with Gasteiger partial charge >= 0.3 is 8.56 Å². The summed E-state index contributed by atoms with van der Waals surface area (Å²) in [6, 6.07) is 17.2. The summed E-state index contributed by atoms with van der Waals surface area (Å²) < 4.78 is 13.1. The van der Waals surface area contributed by atoms with Gasteiger partial charge in [0.05, 0.1) is 0 Å². The quantitative estimate of drug-likeness (QED) is 0.482. The number of hydrogen-bond donors (Lipinski definition) is 1. The highest BCUT2D eigenvalue weighted by Gasteiger charge is 2.38. The van der Waals surface area contributed by atoms with Gasteiger partial charge in [-0.3, -0.25) is 0 Å². The second-order valence-electron chi connectivity index (χ2n) is 9.24. The van der Waals surface area contributed by atoms with Crippen LogP contribution in [0.4, 0.5) is 0 Å². The molecule has 0 spiro atoms. The number of phenolic OH excluding ortho intramolecular Hbond substituents is 1. The van der Waals surface area contributed by atoms with Gasteiger partial charge in [0, 0.05) is 0 Å². The Hall–Kier alpha value is -1.19. The standard InChI is InChI=1S/C22H36O3Si3/c1-18(17-28(7,24-26(2)3)25-27(4,5)6)15-21-16-20(13-14-22(21)23)19-11-9-8-10-12-19/h8-14,16,18,23,26H,15,17H2,1-7H3. The molecule has 1 N–H and O–H groups in total. The SMILES string of the molecule is CC(Cc1cc(-c2ccccc2)ccc1O)C[Si](C)(O[SiH](C)C)O[Si](C)(C)C. The van der Waals surface area contributed by atoms with Crippen molar-refractivity contribution in [2.45, 2.75) is 58.7 Å². The maximum atomic E-state index is 10.4. The molecule has 2 aromatic carbocycles. The Balaban J connectivity index is 2.17. The van der Waals surface area contributed by atoms with E-state index in [0.717, 1.165) is 23.6 Å². The van der Waals surface area contributed by atoms with E-state index in [1.54, 1.807) is 0 Å². The zero-order valence-corrected chi connectivity index (χ0v) is 21.6. The van der Waals surface area contributed by atoms with Gasteiger partial charge in [0.2, 0.25) is 0 Å². The molecule has 2 rings (SSSR count). The van der Waals surface area contributed by atoms with Crippen LogP contribution in [-0.4, -0.2) is 31.0 Å². The molecule has 2 unspecified atom stereocenters. The van der Waals surface area contributed by atoms with Gasteiger partial charge in [0.15, 0.2) is 17.4 Å². The van der Waals surface area contributed by atoms with Crippen LogP contribution in [0.15, 0.2) is 48.5 Å². The average Bonchev–Trinajstić information content (AvgIpc) is 2.54. The van der Waals surface area contributed by atoms with Crippen LogP contribution in [0.2, 0.25) is 45.3 Å². The minimum Gasteiger partial charge on any atom is -0.508 e. The molecular weight excluding hydrogens is 396 g/mol. The van der Waals surface area contributed by atoms with Gasteiger partial charge in [-0.2, -0.15) is 0 Å². The molecule has 0 saturated heterocycles. The summed E-state index contributed by atoms with van der Waals surface area (Å²) in [5.74, 6) is 0.762. The number of aromatic hydroxyl groups is 1. The van der Waals surface area contributed by atoms with Gasteiger partial charge in [-0.15, -0.1) is 0 Å². The molecule has 0 heterocycles. The summed E-state index contributed by atoms with van der Waals surface area (Å²) in [6.45, 7) is 15.6. The van der Waals surface area contributed by atoms with Crippen LogP contribution in [0.1, 0.15) is 12.5 Å². The molecule has 0 bridgehead atoms. The molecule has 0 aliphatic rings. The molecule has 6 heteroatoms. The van der Waals surface area contributed by atoms with Crippen LogP contribution < -0.4 is 0 Å². The van der Waals surface area contributed by atoms with Gasteiger partial charge in [-0.25, -0.2) is 0 Å². The van der Waals surface area contributed by atoms with Gasteiger partial charge < -0.3 is 13.3 Å². The lowest BCUT2D eigenvalue weighted by Gasteiger charge is -2.37. The second kappa shape index (κ2) is 9.54. The Bertz CT molecular complexity index is 759. The van der Waals surface area contributed by atoms with E-state index in [9.17, 15) is 5.11 Å². The van der Waals surface area contributed by atoms with Gasteiger partial charge in [-0.05, 0) is 86.5 Å². The molecule has 0 radical (unpaired) electrons. The lowest BCUT2D eigenvalue weighted by Crippen LogP contribution is -2.50. The first-order valence-corrected chi connectivity index (χ1v) is 18.9. The first-order valence-electron chi connectivity index (χ1n) is 10.2. The lowest BCUT2D eigenvalue weighted by atomic mass is 9.97. The number of benzene rings is 2. The summed E-state index contributed by atoms with van der Waals surface area (Å²) in [4.78, 5) is 0. The number of rotatable bonds is 9. The fourth-order valence-corrected chi connectivity index (χ4v) is 15.8. The minimum absolute atomic E-state index is 0.375. The van der Waals surface area contributed by atoms with E-state index in [0.29, 0.717) is 11.7 Å². The summed E-state index contributed by atoms with van der Waals surface area (Å²) in [5.41, 5.74) is 3.32. The van der Waals surface area contributed by atoms with Crippen molar-refractivity contribution in [2.75, 3.05) is 0 Å². The van der Waals surface area contributed by atoms with Crippen molar-refractivity contribution in [3.05, 3.63) is 54.1 Å². The Morgan fingerprint density at radius 3 is 2.18 bits per heavy atom. The largest absolute Gasteiger partial charge is 0.508 e. The van der Waals surface area contributed by atoms with E-state index in [2.05, 4.69) is 64.4 Å². The lowest BCUT2D eigenvalue weighted by molar-refractivity contribution is 0.376. The number of hydrogen-bond acceptors (Lipinski definition) is 3. The summed E-state index contributed by atoms with van der Waals surface area (Å²) in [6.07, 6.45) is 0.827. The van der Waals surface area contributed by atoms with Crippen LogP contribution in [-0.2, 0) is 14.7 Å². The van der Waals surface area contributed by atoms with Crippen molar-refractivity contribution in [3.63, 3.8) is 0 Å².